The van der Waals surface area contributed by atoms with Gasteiger partial charge in [0.1, 0.15) is 12.1 Å². The highest BCUT2D eigenvalue weighted by Crippen LogP contribution is 2.06. The Bertz CT molecular complexity index is 558. The Morgan fingerprint density at radius 3 is 2.42 bits per heavy atom. The van der Waals surface area contributed by atoms with E-state index < -0.39 is 35.9 Å². The minimum atomic E-state index is -1.14. The van der Waals surface area contributed by atoms with E-state index in [1.165, 1.54) is 13.3 Å². The third-order valence-electron chi connectivity index (χ3n) is 3.40. The Morgan fingerprint density at radius 2 is 1.92 bits per heavy atom. The van der Waals surface area contributed by atoms with Gasteiger partial charge >= 0.3 is 5.97 Å². The number of hydrogen-bond donors (Lipinski definition) is 5. The summed E-state index contributed by atoms with van der Waals surface area (Å²) in [4.78, 5) is 42.0. The van der Waals surface area contributed by atoms with E-state index in [-0.39, 0.29) is 12.3 Å². The molecule has 0 bridgehead atoms. The number of carboxylic acid groups (broad SMARTS) is 1. The highest BCUT2D eigenvalue weighted by Gasteiger charge is 2.27. The molecule has 0 saturated heterocycles. The summed E-state index contributed by atoms with van der Waals surface area (Å²) >= 11 is 0. The predicted molar refractivity (Wildman–Crippen MR) is 86.9 cm³/mol. The molecule has 1 aromatic heterocycles. The first kappa shape index (κ1) is 19.6. The first-order chi connectivity index (χ1) is 11.2. The Kier molecular flexibility index (Phi) is 7.37. The first-order valence-corrected chi connectivity index (χ1v) is 7.77. The average molecular weight is 339 g/mol. The molecule has 0 radical (unpaired) electrons. The summed E-state index contributed by atoms with van der Waals surface area (Å²) in [7, 11) is 0. The van der Waals surface area contributed by atoms with Crippen molar-refractivity contribution in [3.63, 3.8) is 0 Å². The summed E-state index contributed by atoms with van der Waals surface area (Å²) in [6.07, 6.45) is 3.69. The second-order valence-corrected chi connectivity index (χ2v) is 6.15. The van der Waals surface area contributed by atoms with Gasteiger partial charge in [0.25, 0.3) is 0 Å². The van der Waals surface area contributed by atoms with Crippen molar-refractivity contribution in [2.75, 3.05) is 0 Å². The molecule has 0 saturated carbocycles. The minimum absolute atomic E-state index is 0.130. The molecule has 9 nitrogen and oxygen atoms in total. The molecule has 6 N–H and O–H groups in total. The maximum atomic E-state index is 12.2. The molecule has 0 aromatic carbocycles. The van der Waals surface area contributed by atoms with Crippen molar-refractivity contribution in [1.29, 1.82) is 0 Å². The Labute approximate surface area is 140 Å². The van der Waals surface area contributed by atoms with Crippen molar-refractivity contribution >= 4 is 17.8 Å². The second-order valence-electron chi connectivity index (χ2n) is 6.15. The summed E-state index contributed by atoms with van der Waals surface area (Å²) in [6, 6.07) is -2.72. The third kappa shape index (κ3) is 6.37. The van der Waals surface area contributed by atoms with Crippen LogP contribution in [0, 0.1) is 5.92 Å². The van der Waals surface area contributed by atoms with E-state index in [0.717, 1.165) is 0 Å². The molecular weight excluding hydrogens is 314 g/mol. The topological polar surface area (TPSA) is 150 Å². The predicted octanol–water partition coefficient (Wildman–Crippen LogP) is -0.600. The van der Waals surface area contributed by atoms with Crippen LogP contribution in [0.1, 0.15) is 32.9 Å². The number of nitrogens with one attached hydrogen (secondary N) is 3. The quantitative estimate of drug-likeness (QED) is 0.405. The number of carboxylic acids is 1. The van der Waals surface area contributed by atoms with Crippen molar-refractivity contribution in [2.45, 2.75) is 51.7 Å². The summed E-state index contributed by atoms with van der Waals surface area (Å²) < 4.78 is 0. The van der Waals surface area contributed by atoms with E-state index in [2.05, 4.69) is 20.6 Å². The number of imidazole rings is 1. The van der Waals surface area contributed by atoms with Crippen LogP contribution in [0.15, 0.2) is 12.5 Å². The Balaban J connectivity index is 2.68. The van der Waals surface area contributed by atoms with Gasteiger partial charge in [0.15, 0.2) is 0 Å². The molecule has 134 valence electrons. The van der Waals surface area contributed by atoms with Gasteiger partial charge in [-0.25, -0.2) is 4.98 Å². The highest BCUT2D eigenvalue weighted by molar-refractivity contribution is 5.91. The van der Waals surface area contributed by atoms with E-state index in [1.807, 2.05) is 13.8 Å². The second kappa shape index (κ2) is 9.02. The lowest BCUT2D eigenvalue weighted by Crippen LogP contribution is -2.54. The average Bonchev–Trinajstić information content (AvgIpc) is 2.98. The molecule has 0 aliphatic rings. The number of carbonyl (C=O) groups is 3. The zero-order valence-corrected chi connectivity index (χ0v) is 14.1. The molecule has 2 amide bonds. The van der Waals surface area contributed by atoms with Crippen molar-refractivity contribution in [3.8, 4) is 0 Å². The van der Waals surface area contributed by atoms with E-state index in [0.29, 0.717) is 12.1 Å². The van der Waals surface area contributed by atoms with Gasteiger partial charge in [0.2, 0.25) is 11.8 Å². The van der Waals surface area contributed by atoms with Crippen molar-refractivity contribution in [1.82, 2.24) is 20.6 Å². The van der Waals surface area contributed by atoms with Crippen LogP contribution in [0.5, 0.6) is 0 Å². The van der Waals surface area contributed by atoms with Gasteiger partial charge in [-0.05, 0) is 19.3 Å². The van der Waals surface area contributed by atoms with Gasteiger partial charge in [-0.15, -0.1) is 0 Å². The number of H-pyrrole nitrogens is 1. The smallest absolute Gasteiger partial charge is 0.325 e. The summed E-state index contributed by atoms with van der Waals surface area (Å²) in [5.74, 6) is -2.03. The number of nitrogens with two attached hydrogens (primary N) is 1. The maximum Gasteiger partial charge on any atom is 0.325 e. The number of hydrogen-bond acceptors (Lipinski definition) is 5. The molecule has 0 aliphatic carbocycles. The molecule has 0 aliphatic heterocycles. The zero-order valence-electron chi connectivity index (χ0n) is 14.1. The number of aliphatic carboxylic acids is 1. The number of carbonyl (C=O) groups excluding carboxylic acids is 2. The van der Waals surface area contributed by atoms with Crippen LogP contribution in [-0.2, 0) is 20.8 Å². The zero-order chi connectivity index (χ0) is 18.3. The van der Waals surface area contributed by atoms with E-state index in [4.69, 9.17) is 10.8 Å². The number of nitrogens with zero attached hydrogens (tertiary/aromatic N) is 1. The van der Waals surface area contributed by atoms with Gasteiger partial charge in [-0.2, -0.15) is 0 Å². The van der Waals surface area contributed by atoms with Gasteiger partial charge in [-0.1, -0.05) is 13.8 Å². The van der Waals surface area contributed by atoms with E-state index in [9.17, 15) is 14.4 Å². The van der Waals surface area contributed by atoms with Crippen molar-refractivity contribution in [2.24, 2.45) is 11.7 Å². The van der Waals surface area contributed by atoms with E-state index in [1.54, 1.807) is 6.20 Å². The van der Waals surface area contributed by atoms with Crippen LogP contribution in [0.3, 0.4) is 0 Å². The molecule has 3 atom stereocenters. The van der Waals surface area contributed by atoms with Gasteiger partial charge in [-0.3, -0.25) is 14.4 Å². The van der Waals surface area contributed by atoms with Crippen molar-refractivity contribution < 1.29 is 19.5 Å². The molecule has 1 rings (SSSR count). The lowest BCUT2D eigenvalue weighted by atomic mass is 10.0. The van der Waals surface area contributed by atoms with Crippen LogP contribution < -0.4 is 16.4 Å². The van der Waals surface area contributed by atoms with Crippen LogP contribution >= 0.6 is 0 Å². The molecule has 24 heavy (non-hydrogen) atoms. The van der Waals surface area contributed by atoms with Crippen LogP contribution in [0.2, 0.25) is 0 Å². The van der Waals surface area contributed by atoms with Crippen LogP contribution in [0.4, 0.5) is 0 Å². The van der Waals surface area contributed by atoms with Crippen LogP contribution in [0.25, 0.3) is 0 Å². The lowest BCUT2D eigenvalue weighted by Gasteiger charge is -2.23. The summed E-state index contributed by atoms with van der Waals surface area (Å²) in [6.45, 7) is 5.16. The normalized spacial score (nSPS) is 14.7. The number of amides is 2. The highest BCUT2D eigenvalue weighted by atomic mass is 16.4. The molecule has 0 fully saturated rings. The Hall–Kier alpha value is -2.42. The largest absolute Gasteiger partial charge is 0.480 e. The van der Waals surface area contributed by atoms with Gasteiger partial charge in [0.05, 0.1) is 12.4 Å². The first-order valence-electron chi connectivity index (χ1n) is 7.77. The minimum Gasteiger partial charge on any atom is -0.480 e. The van der Waals surface area contributed by atoms with Gasteiger partial charge < -0.3 is 26.5 Å². The summed E-state index contributed by atoms with van der Waals surface area (Å²) in [5.41, 5.74) is 6.56. The number of aromatic nitrogens is 2. The number of aromatic amines is 1. The SMILES string of the molecule is CC(C)C[C@H](NC(=O)[C@@H](N)Cc1cnc[nH]1)C(=O)N[C@@H](C)C(=O)O. The fraction of sp³-hybridized carbons (Fsp3) is 0.600. The monoisotopic (exact) mass is 339 g/mol. The molecular formula is C15H25N5O4. The van der Waals surface area contributed by atoms with Crippen molar-refractivity contribution in [3.05, 3.63) is 18.2 Å². The molecule has 0 spiro atoms. The third-order valence-corrected chi connectivity index (χ3v) is 3.40. The van der Waals surface area contributed by atoms with Gasteiger partial charge in [0, 0.05) is 18.3 Å². The molecule has 1 aromatic rings. The Morgan fingerprint density at radius 1 is 1.25 bits per heavy atom. The maximum absolute atomic E-state index is 12.2. The molecule has 1 heterocycles. The van der Waals surface area contributed by atoms with Crippen LogP contribution in [-0.4, -0.2) is 51.0 Å². The molecule has 0 unspecified atom stereocenters. The summed E-state index contributed by atoms with van der Waals surface area (Å²) in [5, 5.41) is 13.8. The lowest BCUT2D eigenvalue weighted by molar-refractivity contribution is -0.141. The fourth-order valence-electron chi connectivity index (χ4n) is 2.08. The standard InChI is InChI=1S/C15H25N5O4/c1-8(2)4-12(14(22)19-9(3)15(23)24)20-13(21)11(16)5-10-6-17-7-18-10/h6-9,11-12H,4-5,16H2,1-3H3,(H,17,18)(H,19,22)(H,20,21)(H,23,24)/t9-,11-,12-/m0/s1. The number of rotatable bonds is 9. The fourth-order valence-corrected chi connectivity index (χ4v) is 2.08. The van der Waals surface area contributed by atoms with E-state index >= 15 is 0 Å². The molecule has 9 heteroatoms.